The summed E-state index contributed by atoms with van der Waals surface area (Å²) in [7, 11) is 0. The second kappa shape index (κ2) is 6.08. The van der Waals surface area contributed by atoms with Crippen molar-refractivity contribution >= 4 is 5.91 Å². The quantitative estimate of drug-likeness (QED) is 0.943. The highest BCUT2D eigenvalue weighted by Gasteiger charge is 2.24. The third-order valence-corrected chi connectivity index (χ3v) is 4.07. The van der Waals surface area contributed by atoms with E-state index in [0.717, 1.165) is 37.9 Å². The summed E-state index contributed by atoms with van der Waals surface area (Å²) in [4.78, 5) is 14.0. The number of H-pyrrole nitrogens is 1. The molecule has 2 heterocycles. The molecule has 110 valence electrons. The van der Waals surface area contributed by atoms with E-state index in [4.69, 9.17) is 0 Å². The number of hydrogen-bond acceptors (Lipinski definition) is 2. The fourth-order valence-electron chi connectivity index (χ4n) is 2.84. The van der Waals surface area contributed by atoms with Crippen LogP contribution in [0.3, 0.4) is 0 Å². The zero-order valence-electron chi connectivity index (χ0n) is 11.8. The first-order chi connectivity index (χ1) is 10.2. The van der Waals surface area contributed by atoms with Crippen molar-refractivity contribution in [1.82, 2.24) is 15.1 Å². The zero-order valence-corrected chi connectivity index (χ0v) is 11.8. The van der Waals surface area contributed by atoms with Crippen LogP contribution in [0.1, 0.15) is 28.9 Å². The van der Waals surface area contributed by atoms with Gasteiger partial charge < -0.3 is 4.90 Å². The molecule has 2 aromatic rings. The summed E-state index contributed by atoms with van der Waals surface area (Å²) < 4.78 is 12.9. The Kier molecular flexibility index (Phi) is 3.99. The Bertz CT molecular complexity index is 586. The standard InChI is InChI=1S/C16H18FN3O/c17-14-3-1-12(2-4-14)11-13-6-9-20(10-7-13)16(21)15-5-8-18-19-15/h1-5,8,13H,6-7,9-11H2,(H,18,19). The molecule has 1 N–H and O–H groups in total. The van der Waals surface area contributed by atoms with Gasteiger partial charge in [0, 0.05) is 19.3 Å². The van der Waals surface area contributed by atoms with Gasteiger partial charge in [0.25, 0.3) is 5.91 Å². The Morgan fingerprint density at radius 1 is 1.24 bits per heavy atom. The number of carbonyl (C=O) groups is 1. The molecule has 1 aliphatic heterocycles. The van der Waals surface area contributed by atoms with Crippen molar-refractivity contribution < 1.29 is 9.18 Å². The molecule has 3 rings (SSSR count). The zero-order chi connectivity index (χ0) is 14.7. The lowest BCUT2D eigenvalue weighted by Gasteiger charge is -2.31. The Labute approximate surface area is 123 Å². The number of halogens is 1. The van der Waals surface area contributed by atoms with E-state index in [9.17, 15) is 9.18 Å². The van der Waals surface area contributed by atoms with Crippen LogP contribution >= 0.6 is 0 Å². The minimum Gasteiger partial charge on any atom is -0.337 e. The Morgan fingerprint density at radius 2 is 1.95 bits per heavy atom. The number of carbonyl (C=O) groups excluding carboxylic acids is 1. The molecular formula is C16H18FN3O. The summed E-state index contributed by atoms with van der Waals surface area (Å²) in [6.07, 6.45) is 4.51. The fraction of sp³-hybridized carbons (Fsp3) is 0.375. The molecule has 1 aliphatic rings. The first-order valence-corrected chi connectivity index (χ1v) is 7.25. The van der Waals surface area contributed by atoms with E-state index in [1.165, 1.54) is 12.1 Å². The average molecular weight is 287 g/mol. The molecular weight excluding hydrogens is 269 g/mol. The van der Waals surface area contributed by atoms with Gasteiger partial charge in [0.05, 0.1) is 0 Å². The maximum Gasteiger partial charge on any atom is 0.271 e. The van der Waals surface area contributed by atoms with Crippen LogP contribution in [-0.4, -0.2) is 34.1 Å². The van der Waals surface area contributed by atoms with Gasteiger partial charge in [0.15, 0.2) is 0 Å². The van der Waals surface area contributed by atoms with Crippen molar-refractivity contribution in [3.63, 3.8) is 0 Å². The Morgan fingerprint density at radius 3 is 2.57 bits per heavy atom. The van der Waals surface area contributed by atoms with Crippen molar-refractivity contribution in [2.24, 2.45) is 5.92 Å². The molecule has 5 heteroatoms. The Hall–Kier alpha value is -2.17. The van der Waals surface area contributed by atoms with Gasteiger partial charge in [-0.2, -0.15) is 5.10 Å². The van der Waals surface area contributed by atoms with Gasteiger partial charge in [-0.3, -0.25) is 9.89 Å². The van der Waals surface area contributed by atoms with Gasteiger partial charge in [0.1, 0.15) is 11.5 Å². The number of nitrogens with one attached hydrogen (secondary N) is 1. The number of likely N-dealkylation sites (tertiary alicyclic amines) is 1. The highest BCUT2D eigenvalue weighted by molar-refractivity contribution is 5.92. The van der Waals surface area contributed by atoms with E-state index < -0.39 is 0 Å². The molecule has 0 aliphatic carbocycles. The summed E-state index contributed by atoms with van der Waals surface area (Å²) >= 11 is 0. The molecule has 1 aromatic heterocycles. The van der Waals surface area contributed by atoms with Crippen molar-refractivity contribution in [3.05, 3.63) is 53.6 Å². The van der Waals surface area contributed by atoms with E-state index in [0.29, 0.717) is 11.6 Å². The van der Waals surface area contributed by atoms with Gasteiger partial charge in [-0.25, -0.2) is 4.39 Å². The first-order valence-electron chi connectivity index (χ1n) is 7.25. The number of aromatic amines is 1. The minimum atomic E-state index is -0.196. The molecule has 1 aromatic carbocycles. The highest BCUT2D eigenvalue weighted by Crippen LogP contribution is 2.22. The van der Waals surface area contributed by atoms with E-state index >= 15 is 0 Å². The fourth-order valence-corrected chi connectivity index (χ4v) is 2.84. The molecule has 0 unspecified atom stereocenters. The third-order valence-electron chi connectivity index (χ3n) is 4.07. The summed E-state index contributed by atoms with van der Waals surface area (Å²) in [5, 5.41) is 6.53. The molecule has 0 atom stereocenters. The number of amides is 1. The normalized spacial score (nSPS) is 16.1. The maximum absolute atomic E-state index is 12.9. The number of benzene rings is 1. The van der Waals surface area contributed by atoms with Crippen molar-refractivity contribution in [2.45, 2.75) is 19.3 Å². The molecule has 21 heavy (non-hydrogen) atoms. The second-order valence-corrected chi connectivity index (χ2v) is 5.54. The van der Waals surface area contributed by atoms with Crippen LogP contribution in [0.2, 0.25) is 0 Å². The SMILES string of the molecule is O=C(c1ccn[nH]1)N1CCC(Cc2ccc(F)cc2)CC1. The monoisotopic (exact) mass is 287 g/mol. The van der Waals surface area contributed by atoms with E-state index in [-0.39, 0.29) is 11.7 Å². The number of rotatable bonds is 3. The second-order valence-electron chi connectivity index (χ2n) is 5.54. The molecule has 0 spiro atoms. The minimum absolute atomic E-state index is 0.0210. The van der Waals surface area contributed by atoms with Crippen LogP contribution < -0.4 is 0 Å². The predicted octanol–water partition coefficient (Wildman–Crippen LogP) is 2.64. The summed E-state index contributed by atoms with van der Waals surface area (Å²) in [5.74, 6) is 0.382. The first kappa shape index (κ1) is 13.8. The van der Waals surface area contributed by atoms with Crippen LogP contribution in [-0.2, 0) is 6.42 Å². The smallest absolute Gasteiger partial charge is 0.271 e. The predicted molar refractivity (Wildman–Crippen MR) is 77.3 cm³/mol. The van der Waals surface area contributed by atoms with Gasteiger partial charge in [-0.1, -0.05) is 12.1 Å². The summed E-state index contributed by atoms with van der Waals surface area (Å²) in [6.45, 7) is 1.54. The number of hydrogen-bond donors (Lipinski definition) is 1. The number of aromatic nitrogens is 2. The van der Waals surface area contributed by atoms with E-state index in [2.05, 4.69) is 10.2 Å². The van der Waals surface area contributed by atoms with Crippen LogP contribution in [0.15, 0.2) is 36.5 Å². The van der Waals surface area contributed by atoms with Crippen LogP contribution in [0.25, 0.3) is 0 Å². The van der Waals surface area contributed by atoms with E-state index in [1.807, 2.05) is 17.0 Å². The molecule has 0 saturated carbocycles. The summed E-state index contributed by atoms with van der Waals surface area (Å²) in [6, 6.07) is 8.40. The summed E-state index contributed by atoms with van der Waals surface area (Å²) in [5.41, 5.74) is 1.71. The van der Waals surface area contributed by atoms with Crippen LogP contribution in [0.4, 0.5) is 4.39 Å². The van der Waals surface area contributed by atoms with Crippen molar-refractivity contribution in [3.8, 4) is 0 Å². The lowest BCUT2D eigenvalue weighted by Crippen LogP contribution is -2.39. The lowest BCUT2D eigenvalue weighted by molar-refractivity contribution is 0.0684. The molecule has 0 bridgehead atoms. The lowest BCUT2D eigenvalue weighted by atomic mass is 9.90. The van der Waals surface area contributed by atoms with E-state index in [1.54, 1.807) is 12.3 Å². The molecule has 1 fully saturated rings. The number of nitrogens with zero attached hydrogens (tertiary/aromatic N) is 2. The Balaban J connectivity index is 1.53. The van der Waals surface area contributed by atoms with Crippen LogP contribution in [0, 0.1) is 11.7 Å². The number of piperidine rings is 1. The van der Waals surface area contributed by atoms with Gasteiger partial charge in [0.2, 0.25) is 0 Å². The van der Waals surface area contributed by atoms with Gasteiger partial charge in [-0.05, 0) is 48.9 Å². The van der Waals surface area contributed by atoms with Crippen molar-refractivity contribution in [1.29, 1.82) is 0 Å². The molecule has 4 nitrogen and oxygen atoms in total. The largest absolute Gasteiger partial charge is 0.337 e. The maximum atomic E-state index is 12.9. The molecule has 0 radical (unpaired) electrons. The van der Waals surface area contributed by atoms with Gasteiger partial charge in [-0.15, -0.1) is 0 Å². The molecule has 1 amide bonds. The topological polar surface area (TPSA) is 49.0 Å². The van der Waals surface area contributed by atoms with Crippen LogP contribution in [0.5, 0.6) is 0 Å². The molecule has 1 saturated heterocycles. The third kappa shape index (κ3) is 3.29. The highest BCUT2D eigenvalue weighted by atomic mass is 19.1. The van der Waals surface area contributed by atoms with Gasteiger partial charge >= 0.3 is 0 Å². The average Bonchev–Trinajstić information content (AvgIpc) is 3.04. The van der Waals surface area contributed by atoms with Crippen molar-refractivity contribution in [2.75, 3.05) is 13.1 Å².